The van der Waals surface area contributed by atoms with Crippen molar-refractivity contribution in [1.29, 1.82) is 0 Å². The number of hydrogen-bond donors (Lipinski definition) is 0. The summed E-state index contributed by atoms with van der Waals surface area (Å²) < 4.78 is 0. The second kappa shape index (κ2) is 3.22. The molecule has 3 heteroatoms. The summed E-state index contributed by atoms with van der Waals surface area (Å²) in [4.78, 5) is 14.3. The van der Waals surface area contributed by atoms with Crippen molar-refractivity contribution in [3.63, 3.8) is 0 Å². The maximum absolute atomic E-state index is 10.8. The maximum Gasteiger partial charge on any atom is 0.128 e. The van der Waals surface area contributed by atoms with E-state index >= 15 is 0 Å². The second-order valence-electron chi connectivity index (χ2n) is 3.64. The predicted molar refractivity (Wildman–Crippen MR) is 55.4 cm³/mol. The molecule has 2 aliphatic rings. The Bertz CT molecular complexity index is 306. The van der Waals surface area contributed by atoms with Crippen LogP contribution in [0.2, 0.25) is 0 Å². The Morgan fingerprint density at radius 1 is 1.69 bits per heavy atom. The fraction of sp³-hybridized carbons (Fsp3) is 0.500. The van der Waals surface area contributed by atoms with E-state index in [1.54, 1.807) is 0 Å². The maximum atomic E-state index is 10.8. The van der Waals surface area contributed by atoms with Gasteiger partial charge in [0.05, 0.1) is 0 Å². The average molecular weight is 195 g/mol. The van der Waals surface area contributed by atoms with Crippen LogP contribution in [-0.4, -0.2) is 30.5 Å². The number of carbonyl (C=O) groups is 1. The van der Waals surface area contributed by atoms with Crippen LogP contribution in [0.3, 0.4) is 0 Å². The molecule has 0 spiro atoms. The smallest absolute Gasteiger partial charge is 0.128 e. The Morgan fingerprint density at radius 2 is 2.46 bits per heavy atom. The minimum atomic E-state index is 0.158. The van der Waals surface area contributed by atoms with Gasteiger partial charge in [-0.25, -0.2) is 0 Å². The Kier molecular flexibility index (Phi) is 2.20. The predicted octanol–water partition coefficient (Wildman–Crippen LogP) is 1.65. The lowest BCUT2D eigenvalue weighted by Gasteiger charge is -2.24. The fourth-order valence-corrected chi connectivity index (χ4v) is 3.22. The molecule has 0 saturated heterocycles. The summed E-state index contributed by atoms with van der Waals surface area (Å²) in [5.41, 5.74) is 2.63. The first-order chi connectivity index (χ1) is 6.22. The summed E-state index contributed by atoms with van der Waals surface area (Å²) in [6.45, 7) is 3.04. The minimum absolute atomic E-state index is 0.158. The molecule has 0 aliphatic carbocycles. The molecule has 13 heavy (non-hydrogen) atoms. The zero-order valence-electron chi connectivity index (χ0n) is 7.91. The van der Waals surface area contributed by atoms with Gasteiger partial charge in [0.25, 0.3) is 0 Å². The first-order valence-corrected chi connectivity index (χ1v) is 5.41. The molecular formula is C10H13NOS. The van der Waals surface area contributed by atoms with Crippen LogP contribution in [0, 0.1) is 5.92 Å². The van der Waals surface area contributed by atoms with E-state index in [2.05, 4.69) is 25.1 Å². The third-order valence-electron chi connectivity index (χ3n) is 2.50. The van der Waals surface area contributed by atoms with Gasteiger partial charge in [-0.3, -0.25) is 0 Å². The standard InChI is InChI=1S/C10H13NOS/c1-7-3-11(2)4-9-8(5-12)6-13-10(7)9/h3,5,8H,4,6H2,1-2H3. The van der Waals surface area contributed by atoms with E-state index in [1.807, 2.05) is 11.8 Å². The van der Waals surface area contributed by atoms with E-state index in [0.717, 1.165) is 18.6 Å². The topological polar surface area (TPSA) is 20.3 Å². The summed E-state index contributed by atoms with van der Waals surface area (Å²) >= 11 is 1.82. The van der Waals surface area contributed by atoms with Gasteiger partial charge in [-0.15, -0.1) is 11.8 Å². The molecular weight excluding hydrogens is 182 g/mol. The van der Waals surface area contributed by atoms with Crippen molar-refractivity contribution in [2.24, 2.45) is 5.92 Å². The van der Waals surface area contributed by atoms with E-state index in [-0.39, 0.29) is 5.92 Å². The molecule has 0 aromatic carbocycles. The van der Waals surface area contributed by atoms with Gasteiger partial charge >= 0.3 is 0 Å². The number of hydrogen-bond acceptors (Lipinski definition) is 3. The van der Waals surface area contributed by atoms with Gasteiger partial charge in [0.2, 0.25) is 0 Å². The number of aldehydes is 1. The number of thioether (sulfide) groups is 1. The van der Waals surface area contributed by atoms with Crippen LogP contribution in [0.4, 0.5) is 0 Å². The second-order valence-corrected chi connectivity index (χ2v) is 4.67. The molecule has 0 radical (unpaired) electrons. The lowest BCUT2D eigenvalue weighted by Crippen LogP contribution is -2.22. The van der Waals surface area contributed by atoms with Gasteiger partial charge in [0.15, 0.2) is 0 Å². The van der Waals surface area contributed by atoms with Crippen molar-refractivity contribution in [1.82, 2.24) is 4.90 Å². The third kappa shape index (κ3) is 1.41. The molecule has 1 unspecified atom stereocenters. The number of allylic oxidation sites excluding steroid dienone is 1. The van der Waals surface area contributed by atoms with Crippen molar-refractivity contribution in [2.75, 3.05) is 19.3 Å². The van der Waals surface area contributed by atoms with Crippen LogP contribution in [-0.2, 0) is 4.79 Å². The molecule has 0 aromatic heterocycles. The van der Waals surface area contributed by atoms with Crippen molar-refractivity contribution >= 4 is 18.0 Å². The van der Waals surface area contributed by atoms with Crippen LogP contribution < -0.4 is 0 Å². The number of nitrogens with zero attached hydrogens (tertiary/aromatic N) is 1. The van der Waals surface area contributed by atoms with E-state index in [1.165, 1.54) is 16.1 Å². The van der Waals surface area contributed by atoms with E-state index in [0.29, 0.717) is 0 Å². The van der Waals surface area contributed by atoms with Gasteiger partial charge < -0.3 is 9.69 Å². The van der Waals surface area contributed by atoms with Crippen LogP contribution in [0.5, 0.6) is 0 Å². The molecule has 1 atom stereocenters. The SMILES string of the molecule is CC1=CN(C)CC2=C1SCC2C=O. The highest BCUT2D eigenvalue weighted by Crippen LogP contribution is 2.41. The Morgan fingerprint density at radius 3 is 3.15 bits per heavy atom. The van der Waals surface area contributed by atoms with E-state index in [4.69, 9.17) is 0 Å². The summed E-state index contributed by atoms with van der Waals surface area (Å²) in [5.74, 6) is 1.10. The molecule has 0 saturated carbocycles. The normalized spacial score (nSPS) is 27.4. The third-order valence-corrected chi connectivity index (χ3v) is 3.90. The molecule has 2 nitrogen and oxygen atoms in total. The molecule has 70 valence electrons. The van der Waals surface area contributed by atoms with Gasteiger partial charge in [-0.2, -0.15) is 0 Å². The zero-order valence-corrected chi connectivity index (χ0v) is 8.73. The molecule has 2 aliphatic heterocycles. The Labute approximate surface area is 82.7 Å². The first-order valence-electron chi connectivity index (χ1n) is 4.42. The molecule has 2 heterocycles. The van der Waals surface area contributed by atoms with Crippen molar-refractivity contribution in [2.45, 2.75) is 6.92 Å². The van der Waals surface area contributed by atoms with Crippen LogP contribution in [0.1, 0.15) is 6.92 Å². The van der Waals surface area contributed by atoms with Crippen molar-refractivity contribution in [3.05, 3.63) is 22.3 Å². The summed E-state index contributed by atoms with van der Waals surface area (Å²) in [7, 11) is 2.05. The Hall–Kier alpha value is -0.700. The van der Waals surface area contributed by atoms with Crippen molar-refractivity contribution in [3.8, 4) is 0 Å². The van der Waals surface area contributed by atoms with Gasteiger partial charge in [-0.1, -0.05) is 0 Å². The van der Waals surface area contributed by atoms with Crippen molar-refractivity contribution < 1.29 is 4.79 Å². The molecule has 0 fully saturated rings. The van der Waals surface area contributed by atoms with Crippen LogP contribution in [0.15, 0.2) is 22.3 Å². The molecule has 2 rings (SSSR count). The molecule has 0 amide bonds. The zero-order chi connectivity index (χ0) is 9.42. The van der Waals surface area contributed by atoms with E-state index in [9.17, 15) is 4.79 Å². The quantitative estimate of drug-likeness (QED) is 0.593. The van der Waals surface area contributed by atoms with Gasteiger partial charge in [0.1, 0.15) is 6.29 Å². The highest BCUT2D eigenvalue weighted by Gasteiger charge is 2.29. The van der Waals surface area contributed by atoms with E-state index < -0.39 is 0 Å². The number of rotatable bonds is 1. The van der Waals surface area contributed by atoms with Gasteiger partial charge in [-0.05, 0) is 18.1 Å². The summed E-state index contributed by atoms with van der Waals surface area (Å²) in [6, 6.07) is 0. The highest BCUT2D eigenvalue weighted by molar-refractivity contribution is 8.03. The van der Waals surface area contributed by atoms with Crippen LogP contribution in [0.25, 0.3) is 0 Å². The highest BCUT2D eigenvalue weighted by atomic mass is 32.2. The van der Waals surface area contributed by atoms with Crippen LogP contribution >= 0.6 is 11.8 Å². The first kappa shape index (κ1) is 8.88. The van der Waals surface area contributed by atoms with Gasteiger partial charge in [0, 0.05) is 36.4 Å². The summed E-state index contributed by atoms with van der Waals surface area (Å²) in [6.07, 6.45) is 3.24. The monoisotopic (exact) mass is 195 g/mol. The molecule has 0 bridgehead atoms. The number of carbonyl (C=O) groups excluding carboxylic acids is 1. The lowest BCUT2D eigenvalue weighted by atomic mass is 9.98. The minimum Gasteiger partial charge on any atom is -0.376 e. The Balaban J connectivity index is 2.34. The largest absolute Gasteiger partial charge is 0.376 e. The summed E-state index contributed by atoms with van der Waals surface area (Å²) in [5, 5.41) is 0. The fourth-order valence-electron chi connectivity index (χ4n) is 1.92. The molecule has 0 N–H and O–H groups in total. The molecule has 0 aromatic rings. The average Bonchev–Trinajstić information content (AvgIpc) is 2.47. The lowest BCUT2D eigenvalue weighted by molar-refractivity contribution is -0.109. The number of likely N-dealkylation sites (N-methyl/N-ethyl adjacent to an activating group) is 1.